The highest BCUT2D eigenvalue weighted by atomic mass is 32.2. The minimum atomic E-state index is -3.02. The Kier molecular flexibility index (Phi) is 8.57. The van der Waals surface area contributed by atoms with Gasteiger partial charge in [0.2, 0.25) is 0 Å². The maximum atomic E-state index is 11.9. The molecule has 0 aliphatic carbocycles. The molecule has 2 rings (SSSR count). The molecule has 0 aromatic heterocycles. The number of rotatable bonds is 9. The Bertz CT molecular complexity index is 689. The van der Waals surface area contributed by atoms with Crippen LogP contribution in [0.3, 0.4) is 0 Å². The van der Waals surface area contributed by atoms with Gasteiger partial charge in [-0.1, -0.05) is 31.2 Å². The van der Waals surface area contributed by atoms with E-state index in [-0.39, 0.29) is 11.8 Å². The lowest BCUT2D eigenvalue weighted by Crippen LogP contribution is -2.37. The number of piperidine rings is 1. The van der Waals surface area contributed by atoms with E-state index in [0.29, 0.717) is 13.1 Å². The molecule has 1 atom stereocenters. The number of hydrogen-bond donors (Lipinski definition) is 2. The molecule has 1 saturated heterocycles. The van der Waals surface area contributed by atoms with Gasteiger partial charge < -0.3 is 15.5 Å². The Balaban J connectivity index is 1.56. The summed E-state index contributed by atoms with van der Waals surface area (Å²) in [4.78, 5) is 14.4. The normalized spacial score (nSPS) is 18.2. The first-order valence-electron chi connectivity index (χ1n) is 9.81. The van der Waals surface area contributed by atoms with Gasteiger partial charge in [-0.05, 0) is 55.8 Å². The maximum absolute atomic E-state index is 11.9. The van der Waals surface area contributed by atoms with Crippen LogP contribution >= 0.6 is 0 Å². The van der Waals surface area contributed by atoms with Gasteiger partial charge in [0.25, 0.3) is 0 Å². The van der Waals surface area contributed by atoms with Gasteiger partial charge in [-0.3, -0.25) is 0 Å². The predicted octanol–water partition coefficient (Wildman–Crippen LogP) is 2.54. The molecule has 1 aliphatic heterocycles. The molecule has 7 heteroatoms. The van der Waals surface area contributed by atoms with Gasteiger partial charge in [-0.25, -0.2) is 13.2 Å². The SMILES string of the molecule is CC1CCCN(CCCCNC(=O)NCc2ccc(CS(C)(=O)=O)cc2)C1. The molecule has 1 fully saturated rings. The van der Waals surface area contributed by atoms with Gasteiger partial charge in [0.1, 0.15) is 0 Å². The third kappa shape index (κ3) is 9.24. The number of carbonyl (C=O) groups is 1. The van der Waals surface area contributed by atoms with Crippen LogP contribution in [0.4, 0.5) is 4.79 Å². The van der Waals surface area contributed by atoms with Crippen molar-refractivity contribution in [2.45, 2.75) is 44.9 Å². The van der Waals surface area contributed by atoms with Gasteiger partial charge in [-0.15, -0.1) is 0 Å². The van der Waals surface area contributed by atoms with Gasteiger partial charge in [0.05, 0.1) is 5.75 Å². The third-order valence-corrected chi connectivity index (χ3v) is 5.69. The van der Waals surface area contributed by atoms with Crippen molar-refractivity contribution in [3.63, 3.8) is 0 Å². The fourth-order valence-electron chi connectivity index (χ4n) is 3.45. The predicted molar refractivity (Wildman–Crippen MR) is 109 cm³/mol. The number of nitrogens with one attached hydrogen (secondary N) is 2. The number of benzene rings is 1. The second-order valence-corrected chi connectivity index (χ2v) is 9.89. The van der Waals surface area contributed by atoms with E-state index in [1.807, 2.05) is 12.1 Å². The summed E-state index contributed by atoms with van der Waals surface area (Å²) in [5, 5.41) is 5.73. The van der Waals surface area contributed by atoms with Crippen LogP contribution in [-0.4, -0.2) is 51.8 Å². The Morgan fingerprint density at radius 3 is 2.52 bits per heavy atom. The van der Waals surface area contributed by atoms with Crippen LogP contribution in [0.25, 0.3) is 0 Å². The fraction of sp³-hybridized carbons (Fsp3) is 0.650. The molecule has 0 bridgehead atoms. The zero-order valence-electron chi connectivity index (χ0n) is 16.5. The van der Waals surface area contributed by atoms with Crippen molar-refractivity contribution in [2.75, 3.05) is 32.4 Å². The van der Waals surface area contributed by atoms with E-state index < -0.39 is 9.84 Å². The van der Waals surface area contributed by atoms with E-state index >= 15 is 0 Å². The van der Waals surface area contributed by atoms with Crippen molar-refractivity contribution < 1.29 is 13.2 Å². The molecule has 1 unspecified atom stereocenters. The minimum absolute atomic E-state index is 0.0392. The van der Waals surface area contributed by atoms with Crippen molar-refractivity contribution in [3.05, 3.63) is 35.4 Å². The van der Waals surface area contributed by atoms with Crippen LogP contribution in [0, 0.1) is 5.92 Å². The number of amides is 2. The standard InChI is InChI=1S/C20H33N3O3S/c1-17-6-5-13-23(15-17)12-4-3-11-21-20(24)22-14-18-7-9-19(10-8-18)16-27(2,25)26/h7-10,17H,3-6,11-16H2,1-2H3,(H2,21,22,24). The average molecular weight is 396 g/mol. The highest BCUT2D eigenvalue weighted by molar-refractivity contribution is 7.89. The molecular weight excluding hydrogens is 362 g/mol. The molecule has 1 aliphatic rings. The molecule has 6 nitrogen and oxygen atoms in total. The van der Waals surface area contributed by atoms with Crippen molar-refractivity contribution >= 4 is 15.9 Å². The number of carbonyl (C=O) groups excluding carboxylic acids is 1. The van der Waals surface area contributed by atoms with Crippen LogP contribution in [0.15, 0.2) is 24.3 Å². The van der Waals surface area contributed by atoms with Crippen LogP contribution in [0.1, 0.15) is 43.7 Å². The molecule has 1 aromatic carbocycles. The second kappa shape index (κ2) is 10.7. The lowest BCUT2D eigenvalue weighted by atomic mass is 10.0. The van der Waals surface area contributed by atoms with Crippen molar-refractivity contribution in [1.29, 1.82) is 0 Å². The van der Waals surface area contributed by atoms with E-state index in [1.54, 1.807) is 12.1 Å². The van der Waals surface area contributed by atoms with Crippen molar-refractivity contribution in [2.24, 2.45) is 5.92 Å². The first kappa shape index (κ1) is 21.7. The summed E-state index contributed by atoms with van der Waals surface area (Å²) < 4.78 is 22.6. The maximum Gasteiger partial charge on any atom is 0.315 e. The summed E-state index contributed by atoms with van der Waals surface area (Å²) in [6.07, 6.45) is 5.96. The lowest BCUT2D eigenvalue weighted by Gasteiger charge is -2.30. The second-order valence-electron chi connectivity index (χ2n) is 7.75. The first-order chi connectivity index (χ1) is 12.8. The molecule has 0 saturated carbocycles. The van der Waals surface area contributed by atoms with Crippen molar-refractivity contribution in [1.82, 2.24) is 15.5 Å². The van der Waals surface area contributed by atoms with Gasteiger partial charge in [0, 0.05) is 25.9 Å². The Morgan fingerprint density at radius 1 is 1.15 bits per heavy atom. The molecule has 152 valence electrons. The summed E-state index contributed by atoms with van der Waals surface area (Å²) in [5.41, 5.74) is 1.70. The zero-order valence-corrected chi connectivity index (χ0v) is 17.4. The Morgan fingerprint density at radius 2 is 1.85 bits per heavy atom. The summed E-state index contributed by atoms with van der Waals surface area (Å²) in [5.74, 6) is 0.848. The molecule has 2 amide bonds. The number of nitrogens with zero attached hydrogens (tertiary/aromatic N) is 1. The summed E-state index contributed by atoms with van der Waals surface area (Å²) in [7, 11) is -3.02. The largest absolute Gasteiger partial charge is 0.338 e. The average Bonchev–Trinajstić information content (AvgIpc) is 2.59. The summed E-state index contributed by atoms with van der Waals surface area (Å²) >= 11 is 0. The van der Waals surface area contributed by atoms with E-state index in [0.717, 1.165) is 36.4 Å². The van der Waals surface area contributed by atoms with Crippen molar-refractivity contribution in [3.8, 4) is 0 Å². The molecule has 1 heterocycles. The zero-order chi connectivity index (χ0) is 19.7. The van der Waals surface area contributed by atoms with Gasteiger partial charge in [-0.2, -0.15) is 0 Å². The molecule has 2 N–H and O–H groups in total. The Labute approximate surface area is 163 Å². The minimum Gasteiger partial charge on any atom is -0.338 e. The van der Waals surface area contributed by atoms with E-state index in [1.165, 1.54) is 32.2 Å². The Hall–Kier alpha value is -1.60. The quantitative estimate of drug-likeness (QED) is 0.630. The molecule has 0 radical (unpaired) electrons. The van der Waals surface area contributed by atoms with E-state index in [2.05, 4.69) is 22.5 Å². The third-order valence-electron chi connectivity index (χ3n) is 4.83. The van der Waals surface area contributed by atoms with E-state index in [4.69, 9.17) is 0 Å². The van der Waals surface area contributed by atoms with Crippen LogP contribution < -0.4 is 10.6 Å². The van der Waals surface area contributed by atoms with Crippen LogP contribution in [0.5, 0.6) is 0 Å². The monoisotopic (exact) mass is 395 g/mol. The smallest absolute Gasteiger partial charge is 0.315 e. The van der Waals surface area contributed by atoms with Gasteiger partial charge >= 0.3 is 6.03 Å². The number of likely N-dealkylation sites (tertiary alicyclic amines) is 1. The number of sulfone groups is 1. The number of urea groups is 1. The topological polar surface area (TPSA) is 78.5 Å². The molecule has 0 spiro atoms. The van der Waals surface area contributed by atoms with E-state index in [9.17, 15) is 13.2 Å². The van der Waals surface area contributed by atoms with Crippen LogP contribution in [-0.2, 0) is 22.1 Å². The van der Waals surface area contributed by atoms with Crippen LogP contribution in [0.2, 0.25) is 0 Å². The molecule has 27 heavy (non-hydrogen) atoms. The highest BCUT2D eigenvalue weighted by Gasteiger charge is 2.15. The molecule has 1 aromatic rings. The summed E-state index contributed by atoms with van der Waals surface area (Å²) in [6.45, 7) is 6.96. The summed E-state index contributed by atoms with van der Waals surface area (Å²) in [6, 6.07) is 7.11. The molecular formula is C20H33N3O3S. The number of unbranched alkanes of at least 4 members (excludes halogenated alkanes) is 1. The fourth-order valence-corrected chi connectivity index (χ4v) is 4.25. The lowest BCUT2D eigenvalue weighted by molar-refractivity contribution is 0.181. The highest BCUT2D eigenvalue weighted by Crippen LogP contribution is 2.15. The first-order valence-corrected chi connectivity index (χ1v) is 11.9. The number of hydrogen-bond acceptors (Lipinski definition) is 4. The van der Waals surface area contributed by atoms with Gasteiger partial charge in [0.15, 0.2) is 9.84 Å².